The number of benzene rings is 2. The van der Waals surface area contributed by atoms with Crippen molar-refractivity contribution in [1.82, 2.24) is 19.2 Å². The van der Waals surface area contributed by atoms with Crippen molar-refractivity contribution in [3.63, 3.8) is 0 Å². The van der Waals surface area contributed by atoms with Crippen molar-refractivity contribution in [3.05, 3.63) is 71.5 Å². The maximum Gasteiger partial charge on any atom is 0.274 e. The third-order valence-electron chi connectivity index (χ3n) is 5.53. The zero-order valence-corrected chi connectivity index (χ0v) is 17.5. The molecule has 5 rings (SSSR count). The van der Waals surface area contributed by atoms with Gasteiger partial charge in [-0.3, -0.25) is 14.0 Å². The molecule has 2 amide bonds. The predicted molar refractivity (Wildman–Crippen MR) is 118 cm³/mol. The van der Waals surface area contributed by atoms with Crippen molar-refractivity contribution in [2.45, 2.75) is 6.42 Å². The number of para-hydroxylation sites is 1. The van der Waals surface area contributed by atoms with E-state index in [1.165, 1.54) is 0 Å². The first-order valence-electron chi connectivity index (χ1n) is 10.1. The van der Waals surface area contributed by atoms with E-state index >= 15 is 0 Å². The van der Waals surface area contributed by atoms with E-state index in [1.54, 1.807) is 51.6 Å². The molecule has 7 nitrogen and oxygen atoms in total. The second kappa shape index (κ2) is 7.85. The van der Waals surface area contributed by atoms with Gasteiger partial charge in [0.1, 0.15) is 5.69 Å². The van der Waals surface area contributed by atoms with Crippen LogP contribution in [-0.2, 0) is 0 Å². The standard InChI is InChI=1S/C23H19N5O2S/c24-14-16-5-3-6-17(13-16)21(29)26-9-4-10-27(12-11-26)22(30)18-15-28-19-7-1-2-8-20(19)31-23(28)25-18/h1-3,5-8,13,15H,4,9-12H2. The van der Waals surface area contributed by atoms with Gasteiger partial charge >= 0.3 is 0 Å². The Morgan fingerprint density at radius 3 is 2.55 bits per heavy atom. The SMILES string of the molecule is N#Cc1cccc(C(=O)N2CCCN(C(=O)c3cn4c(n3)sc3ccccc34)CC2)c1. The highest BCUT2D eigenvalue weighted by molar-refractivity contribution is 7.23. The molecule has 0 saturated carbocycles. The molecule has 0 atom stereocenters. The number of carbonyl (C=O) groups is 2. The minimum atomic E-state index is -0.111. The maximum atomic E-state index is 13.1. The van der Waals surface area contributed by atoms with Gasteiger partial charge in [-0.25, -0.2) is 4.98 Å². The van der Waals surface area contributed by atoms with Crippen LogP contribution in [0.4, 0.5) is 0 Å². The Bertz CT molecular complexity index is 1350. The van der Waals surface area contributed by atoms with Crippen molar-refractivity contribution >= 4 is 38.3 Å². The Labute approximate surface area is 182 Å². The van der Waals surface area contributed by atoms with E-state index in [9.17, 15) is 9.59 Å². The lowest BCUT2D eigenvalue weighted by molar-refractivity contribution is 0.0716. The average Bonchev–Trinajstić information content (AvgIpc) is 3.26. The number of fused-ring (bicyclic) bond motifs is 3. The first kappa shape index (κ1) is 19.3. The normalized spacial score (nSPS) is 14.5. The number of carbonyl (C=O) groups excluding carboxylic acids is 2. The summed E-state index contributed by atoms with van der Waals surface area (Å²) in [4.78, 5) is 34.9. The Morgan fingerprint density at radius 2 is 1.74 bits per heavy atom. The first-order valence-corrected chi connectivity index (χ1v) is 10.9. The fourth-order valence-electron chi connectivity index (χ4n) is 3.94. The van der Waals surface area contributed by atoms with Gasteiger partial charge in [0, 0.05) is 37.9 Å². The molecule has 1 saturated heterocycles. The molecule has 1 aliphatic heterocycles. The van der Waals surface area contributed by atoms with Crippen molar-refractivity contribution in [2.24, 2.45) is 0 Å². The molecule has 2 aromatic heterocycles. The van der Waals surface area contributed by atoms with E-state index in [-0.39, 0.29) is 11.8 Å². The lowest BCUT2D eigenvalue weighted by atomic mass is 10.1. The Balaban J connectivity index is 1.32. The van der Waals surface area contributed by atoms with Crippen molar-refractivity contribution < 1.29 is 9.59 Å². The molecule has 0 spiro atoms. The monoisotopic (exact) mass is 429 g/mol. The molecule has 4 aromatic rings. The lowest BCUT2D eigenvalue weighted by Gasteiger charge is -2.22. The summed E-state index contributed by atoms with van der Waals surface area (Å²) in [5.41, 5.74) is 2.43. The summed E-state index contributed by atoms with van der Waals surface area (Å²) in [7, 11) is 0. The number of nitrogens with zero attached hydrogens (tertiary/aromatic N) is 5. The lowest BCUT2D eigenvalue weighted by Crippen LogP contribution is -2.37. The topological polar surface area (TPSA) is 81.7 Å². The van der Waals surface area contributed by atoms with E-state index in [0.29, 0.717) is 49.4 Å². The minimum Gasteiger partial charge on any atom is -0.337 e. The van der Waals surface area contributed by atoms with E-state index in [0.717, 1.165) is 15.2 Å². The molecule has 0 bridgehead atoms. The number of hydrogen-bond acceptors (Lipinski definition) is 5. The molecule has 8 heteroatoms. The molecule has 1 aliphatic rings. The van der Waals surface area contributed by atoms with Gasteiger partial charge in [-0.05, 0) is 36.8 Å². The van der Waals surface area contributed by atoms with Crippen LogP contribution in [0.25, 0.3) is 15.2 Å². The summed E-state index contributed by atoms with van der Waals surface area (Å²) in [5.74, 6) is -0.221. The molecule has 0 aliphatic carbocycles. The second-order valence-electron chi connectivity index (χ2n) is 7.48. The van der Waals surface area contributed by atoms with Gasteiger partial charge in [0.05, 0.1) is 21.8 Å². The number of imidazole rings is 1. The number of rotatable bonds is 2. The maximum absolute atomic E-state index is 13.1. The molecule has 31 heavy (non-hydrogen) atoms. The molecular weight excluding hydrogens is 410 g/mol. The summed E-state index contributed by atoms with van der Waals surface area (Å²) < 4.78 is 3.09. The molecule has 0 radical (unpaired) electrons. The van der Waals surface area contributed by atoms with Gasteiger partial charge in [0.25, 0.3) is 11.8 Å². The zero-order valence-electron chi connectivity index (χ0n) is 16.7. The largest absolute Gasteiger partial charge is 0.337 e. The molecular formula is C23H19N5O2S. The van der Waals surface area contributed by atoms with E-state index in [1.807, 2.05) is 28.7 Å². The molecule has 3 heterocycles. The van der Waals surface area contributed by atoms with Gasteiger partial charge in [0.15, 0.2) is 4.96 Å². The van der Waals surface area contributed by atoms with Crippen LogP contribution in [0.5, 0.6) is 0 Å². The second-order valence-corrected chi connectivity index (χ2v) is 8.49. The van der Waals surface area contributed by atoms with Crippen LogP contribution in [0.15, 0.2) is 54.7 Å². The van der Waals surface area contributed by atoms with Gasteiger partial charge in [-0.2, -0.15) is 5.26 Å². The molecule has 2 aromatic carbocycles. The van der Waals surface area contributed by atoms with Crippen LogP contribution < -0.4 is 0 Å². The van der Waals surface area contributed by atoms with Crippen LogP contribution in [0, 0.1) is 11.3 Å². The van der Waals surface area contributed by atoms with Crippen LogP contribution in [0.2, 0.25) is 0 Å². The Morgan fingerprint density at radius 1 is 0.968 bits per heavy atom. The van der Waals surface area contributed by atoms with Gasteiger partial charge in [-0.15, -0.1) is 0 Å². The molecule has 0 N–H and O–H groups in total. The first-order chi connectivity index (χ1) is 15.1. The number of hydrogen-bond donors (Lipinski definition) is 0. The van der Waals surface area contributed by atoms with Crippen LogP contribution >= 0.6 is 11.3 Å². The number of nitriles is 1. The molecule has 1 fully saturated rings. The summed E-state index contributed by atoms with van der Waals surface area (Å²) >= 11 is 1.56. The number of amides is 2. The summed E-state index contributed by atoms with van der Waals surface area (Å²) in [6, 6.07) is 16.8. The van der Waals surface area contributed by atoms with Crippen LogP contribution in [-0.4, -0.2) is 57.2 Å². The molecule has 154 valence electrons. The van der Waals surface area contributed by atoms with Crippen LogP contribution in [0.1, 0.15) is 32.8 Å². The Hall–Kier alpha value is -3.70. The quantitative estimate of drug-likeness (QED) is 0.489. The highest BCUT2D eigenvalue weighted by atomic mass is 32.1. The van der Waals surface area contributed by atoms with Crippen molar-refractivity contribution in [1.29, 1.82) is 5.26 Å². The fourth-order valence-corrected chi connectivity index (χ4v) is 4.95. The fraction of sp³-hybridized carbons (Fsp3) is 0.217. The Kier molecular flexibility index (Phi) is 4.88. The van der Waals surface area contributed by atoms with E-state index < -0.39 is 0 Å². The minimum absolute atomic E-state index is 0.110. The zero-order chi connectivity index (χ0) is 21.4. The highest BCUT2D eigenvalue weighted by Crippen LogP contribution is 2.26. The number of aromatic nitrogens is 2. The summed E-state index contributed by atoms with van der Waals surface area (Å²) in [6.07, 6.45) is 2.50. The molecule has 0 unspecified atom stereocenters. The number of thiazole rings is 1. The summed E-state index contributed by atoms with van der Waals surface area (Å²) in [6.45, 7) is 2.05. The smallest absolute Gasteiger partial charge is 0.274 e. The van der Waals surface area contributed by atoms with E-state index in [2.05, 4.69) is 11.1 Å². The predicted octanol–water partition coefficient (Wildman–Crippen LogP) is 3.41. The van der Waals surface area contributed by atoms with Gasteiger partial charge in [0.2, 0.25) is 0 Å². The van der Waals surface area contributed by atoms with E-state index in [4.69, 9.17) is 5.26 Å². The average molecular weight is 430 g/mol. The van der Waals surface area contributed by atoms with Crippen molar-refractivity contribution in [2.75, 3.05) is 26.2 Å². The van der Waals surface area contributed by atoms with Crippen molar-refractivity contribution in [3.8, 4) is 6.07 Å². The van der Waals surface area contributed by atoms with Gasteiger partial charge < -0.3 is 9.80 Å². The highest BCUT2D eigenvalue weighted by Gasteiger charge is 2.25. The third kappa shape index (κ3) is 3.53. The third-order valence-corrected chi connectivity index (χ3v) is 6.56. The van der Waals surface area contributed by atoms with Gasteiger partial charge in [-0.1, -0.05) is 29.5 Å². The summed E-state index contributed by atoms with van der Waals surface area (Å²) in [5, 5.41) is 9.07. The van der Waals surface area contributed by atoms with Crippen LogP contribution in [0.3, 0.4) is 0 Å².